The highest BCUT2D eigenvalue weighted by Crippen LogP contribution is 2.09. The Morgan fingerprint density at radius 2 is 2.50 bits per heavy atom. The number of aliphatic hydroxyl groups excluding tert-OH is 1. The van der Waals surface area contributed by atoms with Gasteiger partial charge in [-0.15, -0.1) is 0 Å². The summed E-state index contributed by atoms with van der Waals surface area (Å²) in [5, 5.41) is 12.7. The summed E-state index contributed by atoms with van der Waals surface area (Å²) in [6, 6.07) is -0.113. The molecule has 5 nitrogen and oxygen atoms in total. The van der Waals surface area contributed by atoms with Gasteiger partial charge in [-0.25, -0.2) is 0 Å². The number of amides is 1. The van der Waals surface area contributed by atoms with Crippen LogP contribution in [0.3, 0.4) is 0 Å². The van der Waals surface area contributed by atoms with Gasteiger partial charge in [-0.2, -0.15) is 11.8 Å². The number of nitrogens with zero attached hydrogens (tertiary/aromatic N) is 1. The smallest absolute Gasteiger partial charge is 0.240 e. The molecule has 6 heteroatoms. The minimum absolute atomic E-state index is 0.0438. The molecule has 0 aromatic carbocycles. The van der Waals surface area contributed by atoms with Gasteiger partial charge in [0.25, 0.3) is 0 Å². The molecular weight excluding hydrogens is 228 g/mol. The van der Waals surface area contributed by atoms with E-state index in [2.05, 4.69) is 5.32 Å². The van der Waals surface area contributed by atoms with Crippen LogP contribution < -0.4 is 5.32 Å². The molecule has 0 spiro atoms. The topological polar surface area (TPSA) is 61.8 Å². The van der Waals surface area contributed by atoms with Crippen molar-refractivity contribution >= 4 is 17.7 Å². The normalized spacial score (nSPS) is 22.8. The summed E-state index contributed by atoms with van der Waals surface area (Å²) in [7, 11) is 3.24. The number of likely N-dealkylation sites (N-methyl/N-ethyl adjacent to an activating group) is 1. The highest BCUT2D eigenvalue weighted by atomic mass is 32.2. The fraction of sp³-hybridized carbons (Fsp3) is 0.900. The molecule has 1 aliphatic heterocycles. The summed E-state index contributed by atoms with van der Waals surface area (Å²) in [5.41, 5.74) is 0. The van der Waals surface area contributed by atoms with Crippen molar-refractivity contribution in [2.24, 2.45) is 0 Å². The molecule has 1 aliphatic rings. The molecule has 16 heavy (non-hydrogen) atoms. The molecule has 0 aromatic heterocycles. The van der Waals surface area contributed by atoms with E-state index in [0.717, 1.165) is 18.1 Å². The first-order valence-corrected chi connectivity index (χ1v) is 6.53. The van der Waals surface area contributed by atoms with Crippen LogP contribution in [0.2, 0.25) is 0 Å². The average Bonchev–Trinajstić information content (AvgIpc) is 2.29. The number of thioether (sulfide) groups is 1. The second-order valence-electron chi connectivity index (χ2n) is 3.91. The summed E-state index contributed by atoms with van der Waals surface area (Å²) >= 11 is 1.78. The Hall–Kier alpha value is -0.300. The van der Waals surface area contributed by atoms with Crippen molar-refractivity contribution in [3.05, 3.63) is 0 Å². The molecule has 1 amide bonds. The van der Waals surface area contributed by atoms with Crippen LogP contribution in [-0.2, 0) is 9.53 Å². The van der Waals surface area contributed by atoms with E-state index in [0.29, 0.717) is 6.54 Å². The van der Waals surface area contributed by atoms with Crippen LogP contribution >= 0.6 is 11.8 Å². The first-order chi connectivity index (χ1) is 7.65. The van der Waals surface area contributed by atoms with Gasteiger partial charge in [0.15, 0.2) is 0 Å². The highest BCUT2D eigenvalue weighted by Gasteiger charge is 2.24. The number of carbonyl (C=O) groups is 1. The molecule has 2 atom stereocenters. The first-order valence-electron chi connectivity index (χ1n) is 5.38. The standard InChI is InChI=1S/C10H20N2O3S/c1-12(5-8(13)6-15-2)10(14)9-7-16-4-3-11-9/h8-9,11,13H,3-7H2,1-2H3. The Morgan fingerprint density at radius 3 is 3.06 bits per heavy atom. The van der Waals surface area contributed by atoms with E-state index in [-0.39, 0.29) is 18.6 Å². The van der Waals surface area contributed by atoms with Gasteiger partial charge in [-0.1, -0.05) is 0 Å². The molecule has 1 rings (SSSR count). The lowest BCUT2D eigenvalue weighted by Crippen LogP contribution is -2.51. The van der Waals surface area contributed by atoms with E-state index < -0.39 is 6.10 Å². The van der Waals surface area contributed by atoms with Crippen LogP contribution in [-0.4, -0.2) is 73.4 Å². The van der Waals surface area contributed by atoms with Gasteiger partial charge < -0.3 is 20.1 Å². The minimum atomic E-state index is -0.616. The van der Waals surface area contributed by atoms with Gasteiger partial charge >= 0.3 is 0 Å². The second kappa shape index (κ2) is 7.11. The molecule has 2 unspecified atom stereocenters. The molecule has 0 aromatic rings. The van der Waals surface area contributed by atoms with E-state index in [9.17, 15) is 9.90 Å². The van der Waals surface area contributed by atoms with Crippen LogP contribution in [0.25, 0.3) is 0 Å². The zero-order valence-electron chi connectivity index (χ0n) is 9.81. The lowest BCUT2D eigenvalue weighted by molar-refractivity contribution is -0.133. The predicted molar refractivity (Wildman–Crippen MR) is 64.6 cm³/mol. The Kier molecular flexibility index (Phi) is 6.12. The Bertz CT molecular complexity index is 222. The van der Waals surface area contributed by atoms with E-state index in [1.807, 2.05) is 0 Å². The third kappa shape index (κ3) is 4.29. The van der Waals surface area contributed by atoms with Crippen LogP contribution in [0.4, 0.5) is 0 Å². The molecule has 94 valence electrons. The Morgan fingerprint density at radius 1 is 1.75 bits per heavy atom. The quantitative estimate of drug-likeness (QED) is 0.664. The first kappa shape index (κ1) is 13.8. The number of rotatable bonds is 5. The molecular formula is C10H20N2O3S. The van der Waals surface area contributed by atoms with Crippen molar-refractivity contribution in [1.29, 1.82) is 0 Å². The summed E-state index contributed by atoms with van der Waals surface area (Å²) in [6.07, 6.45) is -0.616. The van der Waals surface area contributed by atoms with Gasteiger partial charge in [0, 0.05) is 38.8 Å². The van der Waals surface area contributed by atoms with Gasteiger partial charge in [0.2, 0.25) is 5.91 Å². The fourth-order valence-electron chi connectivity index (χ4n) is 1.64. The van der Waals surface area contributed by atoms with Crippen molar-refractivity contribution in [3.8, 4) is 0 Å². The van der Waals surface area contributed by atoms with Crippen molar-refractivity contribution < 1.29 is 14.6 Å². The maximum absolute atomic E-state index is 11.9. The lowest BCUT2D eigenvalue weighted by Gasteiger charge is -2.28. The van der Waals surface area contributed by atoms with Gasteiger partial charge in [0.1, 0.15) is 0 Å². The van der Waals surface area contributed by atoms with E-state index in [1.54, 1.807) is 23.7 Å². The monoisotopic (exact) mass is 248 g/mol. The molecule has 2 N–H and O–H groups in total. The van der Waals surface area contributed by atoms with Crippen molar-refractivity contribution in [3.63, 3.8) is 0 Å². The Labute approximate surface area is 101 Å². The molecule has 1 fully saturated rings. The number of aliphatic hydroxyl groups is 1. The van der Waals surface area contributed by atoms with Crippen LogP contribution in [0.5, 0.6) is 0 Å². The number of hydrogen-bond acceptors (Lipinski definition) is 5. The summed E-state index contributed by atoms with van der Waals surface area (Å²) < 4.78 is 4.82. The molecule has 0 aliphatic carbocycles. The third-order valence-electron chi connectivity index (χ3n) is 2.44. The van der Waals surface area contributed by atoms with E-state index in [4.69, 9.17) is 4.74 Å². The average molecular weight is 248 g/mol. The lowest BCUT2D eigenvalue weighted by atomic mass is 10.2. The van der Waals surface area contributed by atoms with E-state index in [1.165, 1.54) is 7.11 Å². The SMILES string of the molecule is COCC(O)CN(C)C(=O)C1CSCCN1. The maximum Gasteiger partial charge on any atom is 0.240 e. The molecule has 0 bridgehead atoms. The summed E-state index contributed by atoms with van der Waals surface area (Å²) in [5.74, 6) is 1.91. The van der Waals surface area contributed by atoms with Crippen molar-refractivity contribution in [2.75, 3.05) is 45.4 Å². The molecule has 0 saturated carbocycles. The molecule has 1 saturated heterocycles. The Balaban J connectivity index is 2.34. The fourth-order valence-corrected chi connectivity index (χ4v) is 2.57. The summed E-state index contributed by atoms with van der Waals surface area (Å²) in [6.45, 7) is 1.44. The largest absolute Gasteiger partial charge is 0.389 e. The van der Waals surface area contributed by atoms with Crippen molar-refractivity contribution in [1.82, 2.24) is 10.2 Å². The molecule has 1 heterocycles. The zero-order valence-corrected chi connectivity index (χ0v) is 10.6. The van der Waals surface area contributed by atoms with Crippen LogP contribution in [0.1, 0.15) is 0 Å². The van der Waals surface area contributed by atoms with E-state index >= 15 is 0 Å². The minimum Gasteiger partial charge on any atom is -0.389 e. The maximum atomic E-state index is 11.9. The number of ether oxygens (including phenoxy) is 1. The van der Waals surface area contributed by atoms with Crippen LogP contribution in [0, 0.1) is 0 Å². The zero-order chi connectivity index (χ0) is 12.0. The second-order valence-corrected chi connectivity index (χ2v) is 5.06. The predicted octanol–water partition coefficient (Wildman–Crippen LogP) is -0.843. The van der Waals surface area contributed by atoms with Crippen LogP contribution in [0.15, 0.2) is 0 Å². The number of carbonyl (C=O) groups excluding carboxylic acids is 1. The van der Waals surface area contributed by atoms with Crippen molar-refractivity contribution in [2.45, 2.75) is 12.1 Å². The molecule has 0 radical (unpaired) electrons. The number of nitrogens with one attached hydrogen (secondary N) is 1. The van der Waals surface area contributed by atoms with Gasteiger partial charge in [-0.3, -0.25) is 4.79 Å². The number of hydrogen-bond donors (Lipinski definition) is 2. The van der Waals surface area contributed by atoms with Gasteiger partial charge in [-0.05, 0) is 0 Å². The summed E-state index contributed by atoms with van der Waals surface area (Å²) in [4.78, 5) is 13.5. The third-order valence-corrected chi connectivity index (χ3v) is 3.50. The van der Waals surface area contributed by atoms with Gasteiger partial charge in [0.05, 0.1) is 18.8 Å². The highest BCUT2D eigenvalue weighted by molar-refractivity contribution is 7.99. The number of methoxy groups -OCH3 is 1.